The third kappa shape index (κ3) is 3.74. The van der Waals surface area contributed by atoms with E-state index in [1.165, 1.54) is 0 Å². The van der Waals surface area contributed by atoms with Gasteiger partial charge in [-0.1, -0.05) is 35.4 Å². The fraction of sp³-hybridized carbons (Fsp3) is 0.188. The molecule has 4 N–H and O–H groups in total. The minimum atomic E-state index is -0.181. The van der Waals surface area contributed by atoms with Crippen molar-refractivity contribution >= 4 is 23.2 Å². The molecule has 2 aromatic carbocycles. The van der Waals surface area contributed by atoms with Crippen LogP contribution in [0.4, 0.5) is 5.69 Å². The van der Waals surface area contributed by atoms with E-state index in [0.717, 1.165) is 11.1 Å². The standard InChI is InChI=1S/C16H18ClN3O/c1-10-6-7-15(20-18)14(8-10)16(21)19-11(2)12-4-3-5-13(17)9-12/h3-9,11,20H,18H2,1-2H3,(H,19,21). The summed E-state index contributed by atoms with van der Waals surface area (Å²) >= 11 is 5.97. The van der Waals surface area contributed by atoms with Crippen LogP contribution in [0.1, 0.15) is 34.5 Å². The van der Waals surface area contributed by atoms with Gasteiger partial charge in [0, 0.05) is 5.02 Å². The SMILES string of the molecule is Cc1ccc(NN)c(C(=O)NC(C)c2cccc(Cl)c2)c1. The molecule has 0 radical (unpaired) electrons. The second-order valence-corrected chi connectivity index (χ2v) is 5.38. The highest BCUT2D eigenvalue weighted by atomic mass is 35.5. The van der Waals surface area contributed by atoms with Crippen molar-refractivity contribution in [2.75, 3.05) is 5.43 Å². The van der Waals surface area contributed by atoms with Gasteiger partial charge in [-0.3, -0.25) is 10.6 Å². The van der Waals surface area contributed by atoms with Crippen LogP contribution in [0.3, 0.4) is 0 Å². The van der Waals surface area contributed by atoms with Gasteiger partial charge in [0.15, 0.2) is 0 Å². The molecule has 0 aliphatic heterocycles. The smallest absolute Gasteiger partial charge is 0.253 e. The third-order valence-corrected chi connectivity index (χ3v) is 3.51. The van der Waals surface area contributed by atoms with Crippen LogP contribution in [0.15, 0.2) is 42.5 Å². The molecular formula is C16H18ClN3O. The number of carbonyl (C=O) groups excluding carboxylic acids is 1. The molecule has 110 valence electrons. The van der Waals surface area contributed by atoms with Gasteiger partial charge in [0.2, 0.25) is 0 Å². The van der Waals surface area contributed by atoms with Crippen LogP contribution >= 0.6 is 11.6 Å². The van der Waals surface area contributed by atoms with Crippen molar-refractivity contribution in [1.29, 1.82) is 0 Å². The highest BCUT2D eigenvalue weighted by Crippen LogP contribution is 2.20. The largest absolute Gasteiger partial charge is 0.345 e. The summed E-state index contributed by atoms with van der Waals surface area (Å²) in [5.74, 6) is 5.27. The second kappa shape index (κ2) is 6.61. The van der Waals surface area contributed by atoms with Gasteiger partial charge in [-0.25, -0.2) is 0 Å². The summed E-state index contributed by atoms with van der Waals surface area (Å²) in [7, 11) is 0. The van der Waals surface area contributed by atoms with E-state index in [1.807, 2.05) is 38.1 Å². The Morgan fingerprint density at radius 3 is 2.67 bits per heavy atom. The Balaban J connectivity index is 2.20. The summed E-state index contributed by atoms with van der Waals surface area (Å²) in [6, 6.07) is 12.8. The molecule has 0 aliphatic rings. The Morgan fingerprint density at radius 2 is 2.00 bits per heavy atom. The molecule has 0 saturated heterocycles. The minimum Gasteiger partial charge on any atom is -0.345 e. The first-order chi connectivity index (χ1) is 10.0. The Labute approximate surface area is 129 Å². The van der Waals surface area contributed by atoms with Gasteiger partial charge in [-0.05, 0) is 43.7 Å². The van der Waals surface area contributed by atoms with Crippen LogP contribution in [-0.4, -0.2) is 5.91 Å². The van der Waals surface area contributed by atoms with E-state index in [-0.39, 0.29) is 11.9 Å². The van der Waals surface area contributed by atoms with E-state index in [0.29, 0.717) is 16.3 Å². The van der Waals surface area contributed by atoms with E-state index < -0.39 is 0 Å². The van der Waals surface area contributed by atoms with Gasteiger partial charge < -0.3 is 10.7 Å². The van der Waals surface area contributed by atoms with Crippen LogP contribution in [0.2, 0.25) is 5.02 Å². The summed E-state index contributed by atoms with van der Waals surface area (Å²) in [6.07, 6.45) is 0. The molecule has 0 aromatic heterocycles. The Bertz CT molecular complexity index is 658. The lowest BCUT2D eigenvalue weighted by atomic mass is 10.1. The van der Waals surface area contributed by atoms with Crippen molar-refractivity contribution in [3.8, 4) is 0 Å². The van der Waals surface area contributed by atoms with Crippen LogP contribution in [0.5, 0.6) is 0 Å². The topological polar surface area (TPSA) is 67.1 Å². The number of benzene rings is 2. The van der Waals surface area contributed by atoms with Crippen LogP contribution in [0.25, 0.3) is 0 Å². The van der Waals surface area contributed by atoms with E-state index in [2.05, 4.69) is 10.7 Å². The van der Waals surface area contributed by atoms with Crippen molar-refractivity contribution in [3.05, 3.63) is 64.2 Å². The molecule has 0 saturated carbocycles. The van der Waals surface area contributed by atoms with Gasteiger partial charge in [0.1, 0.15) is 0 Å². The quantitative estimate of drug-likeness (QED) is 0.599. The van der Waals surface area contributed by atoms with Crippen LogP contribution < -0.4 is 16.6 Å². The highest BCUT2D eigenvalue weighted by molar-refractivity contribution is 6.30. The maximum absolute atomic E-state index is 12.4. The number of nitrogens with two attached hydrogens (primary N) is 1. The van der Waals surface area contributed by atoms with Crippen molar-refractivity contribution in [2.45, 2.75) is 19.9 Å². The molecule has 4 nitrogen and oxygen atoms in total. The predicted molar refractivity (Wildman–Crippen MR) is 86.3 cm³/mol. The summed E-state index contributed by atoms with van der Waals surface area (Å²) in [5, 5.41) is 3.60. The first kappa shape index (κ1) is 15.4. The highest BCUT2D eigenvalue weighted by Gasteiger charge is 2.15. The summed E-state index contributed by atoms with van der Waals surface area (Å²) in [4.78, 5) is 12.4. The second-order valence-electron chi connectivity index (χ2n) is 4.94. The molecule has 2 aromatic rings. The molecule has 0 bridgehead atoms. The van der Waals surface area contributed by atoms with E-state index in [4.69, 9.17) is 17.4 Å². The van der Waals surface area contributed by atoms with Gasteiger partial charge in [-0.15, -0.1) is 0 Å². The van der Waals surface area contributed by atoms with Gasteiger partial charge in [-0.2, -0.15) is 0 Å². The van der Waals surface area contributed by atoms with E-state index in [1.54, 1.807) is 18.2 Å². The molecule has 0 aliphatic carbocycles. The molecule has 21 heavy (non-hydrogen) atoms. The van der Waals surface area contributed by atoms with Gasteiger partial charge in [0.25, 0.3) is 5.91 Å². The molecule has 1 amide bonds. The normalized spacial score (nSPS) is 11.8. The van der Waals surface area contributed by atoms with Crippen LogP contribution in [0, 0.1) is 6.92 Å². The zero-order valence-corrected chi connectivity index (χ0v) is 12.7. The average molecular weight is 304 g/mol. The third-order valence-electron chi connectivity index (χ3n) is 3.27. The first-order valence-electron chi connectivity index (χ1n) is 6.65. The number of anilines is 1. The number of hydrogen-bond acceptors (Lipinski definition) is 3. The number of hydrazine groups is 1. The summed E-state index contributed by atoms with van der Waals surface area (Å²) in [6.45, 7) is 3.84. The predicted octanol–water partition coefficient (Wildman–Crippen LogP) is 3.43. The number of carbonyl (C=O) groups is 1. The van der Waals surface area contributed by atoms with Crippen molar-refractivity contribution in [3.63, 3.8) is 0 Å². The fourth-order valence-electron chi connectivity index (χ4n) is 2.11. The Kier molecular flexibility index (Phi) is 4.83. The Hall–Kier alpha value is -2.04. The summed E-state index contributed by atoms with van der Waals surface area (Å²) in [5.41, 5.74) is 5.60. The zero-order valence-electron chi connectivity index (χ0n) is 12.0. The number of aryl methyl sites for hydroxylation is 1. The number of nitrogen functional groups attached to an aromatic ring is 1. The molecule has 2 rings (SSSR count). The lowest BCUT2D eigenvalue weighted by Crippen LogP contribution is -2.28. The number of rotatable bonds is 4. The molecule has 0 fully saturated rings. The fourth-order valence-corrected chi connectivity index (χ4v) is 2.30. The molecule has 5 heteroatoms. The van der Waals surface area contributed by atoms with Crippen molar-refractivity contribution in [2.24, 2.45) is 5.84 Å². The number of hydrogen-bond donors (Lipinski definition) is 3. The van der Waals surface area contributed by atoms with Gasteiger partial charge in [0.05, 0.1) is 17.3 Å². The maximum atomic E-state index is 12.4. The van der Waals surface area contributed by atoms with E-state index >= 15 is 0 Å². The molecule has 0 heterocycles. The van der Waals surface area contributed by atoms with Crippen molar-refractivity contribution in [1.82, 2.24) is 5.32 Å². The maximum Gasteiger partial charge on any atom is 0.253 e. The molecular weight excluding hydrogens is 286 g/mol. The lowest BCUT2D eigenvalue weighted by molar-refractivity contribution is 0.0940. The Morgan fingerprint density at radius 1 is 1.24 bits per heavy atom. The number of amides is 1. The van der Waals surface area contributed by atoms with Crippen molar-refractivity contribution < 1.29 is 4.79 Å². The lowest BCUT2D eigenvalue weighted by Gasteiger charge is -2.16. The van der Waals surface area contributed by atoms with E-state index in [9.17, 15) is 4.79 Å². The monoisotopic (exact) mass is 303 g/mol. The summed E-state index contributed by atoms with van der Waals surface area (Å²) < 4.78 is 0. The van der Waals surface area contributed by atoms with Gasteiger partial charge >= 0.3 is 0 Å². The minimum absolute atomic E-state index is 0.151. The molecule has 1 unspecified atom stereocenters. The first-order valence-corrected chi connectivity index (χ1v) is 7.02. The molecule has 1 atom stereocenters. The number of halogens is 1. The van der Waals surface area contributed by atoms with Crippen LogP contribution in [-0.2, 0) is 0 Å². The average Bonchev–Trinajstić information content (AvgIpc) is 2.47. The number of nitrogens with one attached hydrogen (secondary N) is 2. The molecule has 0 spiro atoms. The zero-order chi connectivity index (χ0) is 15.4.